The summed E-state index contributed by atoms with van der Waals surface area (Å²) in [4.78, 5) is 0. The Morgan fingerprint density at radius 3 is 2.59 bits per heavy atom. The zero-order valence-corrected chi connectivity index (χ0v) is 11.3. The monoisotopic (exact) mass is 256 g/mol. The normalized spacial score (nSPS) is 13.4. The van der Waals surface area contributed by atoms with Gasteiger partial charge in [-0.3, -0.25) is 4.72 Å². The Morgan fingerprint density at radius 2 is 2.00 bits per heavy atom. The molecule has 0 aliphatic carbocycles. The van der Waals surface area contributed by atoms with Crippen molar-refractivity contribution in [2.75, 3.05) is 17.0 Å². The summed E-state index contributed by atoms with van der Waals surface area (Å²) in [6, 6.07) is 7.68. The molecule has 0 aromatic heterocycles. The number of nitrogens with one attached hydrogen (secondary N) is 2. The fourth-order valence-electron chi connectivity index (χ4n) is 1.55. The van der Waals surface area contributed by atoms with Gasteiger partial charge in [0.05, 0.1) is 5.75 Å². The first-order valence-corrected chi connectivity index (χ1v) is 7.47. The number of hydrogen-bond donors (Lipinski definition) is 2. The maximum absolute atomic E-state index is 11.4. The third-order valence-electron chi connectivity index (χ3n) is 2.55. The lowest BCUT2D eigenvalue weighted by Crippen LogP contribution is -2.18. The van der Waals surface area contributed by atoms with E-state index in [0.29, 0.717) is 5.69 Å². The molecule has 0 amide bonds. The average Bonchev–Trinajstić information content (AvgIpc) is 2.29. The molecule has 2 N–H and O–H groups in total. The molecule has 5 heteroatoms. The Morgan fingerprint density at radius 1 is 1.29 bits per heavy atom. The van der Waals surface area contributed by atoms with E-state index in [1.165, 1.54) is 0 Å². The van der Waals surface area contributed by atoms with Crippen LogP contribution in [0.2, 0.25) is 0 Å². The summed E-state index contributed by atoms with van der Waals surface area (Å²) in [6.45, 7) is 6.59. The third-order valence-corrected chi connectivity index (χ3v) is 3.86. The Balaban J connectivity index is 2.86. The van der Waals surface area contributed by atoms with Crippen LogP contribution in [0.1, 0.15) is 32.4 Å². The van der Waals surface area contributed by atoms with Crippen LogP contribution in [0.4, 0.5) is 5.69 Å². The minimum atomic E-state index is -3.20. The molecule has 1 atom stereocenters. The van der Waals surface area contributed by atoms with E-state index < -0.39 is 10.0 Å². The van der Waals surface area contributed by atoms with E-state index in [9.17, 15) is 8.42 Å². The third kappa shape index (κ3) is 4.36. The molecule has 0 spiro atoms. The van der Waals surface area contributed by atoms with E-state index in [0.717, 1.165) is 12.1 Å². The summed E-state index contributed by atoms with van der Waals surface area (Å²) >= 11 is 0. The summed E-state index contributed by atoms with van der Waals surface area (Å²) in [7, 11) is -3.20. The first-order valence-electron chi connectivity index (χ1n) is 5.82. The zero-order valence-electron chi connectivity index (χ0n) is 10.5. The minimum absolute atomic E-state index is 0.0833. The minimum Gasteiger partial charge on any atom is -0.310 e. The SMILES string of the molecule is CCNC(C)c1cccc(NS(=O)(=O)CC)c1. The van der Waals surface area contributed by atoms with Crippen LogP contribution in [-0.2, 0) is 10.0 Å². The summed E-state index contributed by atoms with van der Waals surface area (Å²) in [5, 5.41) is 3.29. The predicted octanol–water partition coefficient (Wildman–Crippen LogP) is 2.12. The number of sulfonamides is 1. The summed E-state index contributed by atoms with van der Waals surface area (Å²) < 4.78 is 25.4. The fourth-order valence-corrected chi connectivity index (χ4v) is 2.18. The van der Waals surface area contributed by atoms with E-state index in [-0.39, 0.29) is 11.8 Å². The van der Waals surface area contributed by atoms with Crippen LogP contribution >= 0.6 is 0 Å². The zero-order chi connectivity index (χ0) is 12.9. The highest BCUT2D eigenvalue weighted by atomic mass is 32.2. The van der Waals surface area contributed by atoms with Gasteiger partial charge in [0.15, 0.2) is 0 Å². The van der Waals surface area contributed by atoms with Crippen LogP contribution in [-0.4, -0.2) is 20.7 Å². The molecule has 0 fully saturated rings. The lowest BCUT2D eigenvalue weighted by molar-refractivity contribution is 0.597. The fraction of sp³-hybridized carbons (Fsp3) is 0.500. The van der Waals surface area contributed by atoms with Gasteiger partial charge in [0.2, 0.25) is 10.0 Å². The Kier molecular flexibility index (Phi) is 4.96. The number of anilines is 1. The maximum atomic E-state index is 11.4. The van der Waals surface area contributed by atoms with Crippen LogP contribution in [0.3, 0.4) is 0 Å². The van der Waals surface area contributed by atoms with Crippen molar-refractivity contribution in [2.45, 2.75) is 26.8 Å². The van der Waals surface area contributed by atoms with Crippen molar-refractivity contribution in [3.63, 3.8) is 0 Å². The quantitative estimate of drug-likeness (QED) is 0.819. The standard InChI is InChI=1S/C12H20N2O2S/c1-4-13-10(3)11-7-6-8-12(9-11)14-17(15,16)5-2/h6-10,13-14H,4-5H2,1-3H3. The highest BCUT2D eigenvalue weighted by molar-refractivity contribution is 7.92. The highest BCUT2D eigenvalue weighted by Gasteiger charge is 2.08. The average molecular weight is 256 g/mol. The molecule has 0 radical (unpaired) electrons. The maximum Gasteiger partial charge on any atom is 0.232 e. The van der Waals surface area contributed by atoms with Crippen LogP contribution in [0, 0.1) is 0 Å². The van der Waals surface area contributed by atoms with Gasteiger partial charge in [0, 0.05) is 11.7 Å². The molecule has 0 bridgehead atoms. The Hall–Kier alpha value is -1.07. The van der Waals surface area contributed by atoms with Crippen molar-refractivity contribution in [2.24, 2.45) is 0 Å². The lowest BCUT2D eigenvalue weighted by Gasteiger charge is -2.14. The molecular weight excluding hydrogens is 236 g/mol. The van der Waals surface area contributed by atoms with E-state index in [1.807, 2.05) is 25.1 Å². The highest BCUT2D eigenvalue weighted by Crippen LogP contribution is 2.18. The molecule has 0 heterocycles. The van der Waals surface area contributed by atoms with Crippen LogP contribution in [0.5, 0.6) is 0 Å². The molecule has 17 heavy (non-hydrogen) atoms. The molecule has 0 saturated heterocycles. The lowest BCUT2D eigenvalue weighted by atomic mass is 10.1. The molecule has 0 saturated carbocycles. The second-order valence-electron chi connectivity index (χ2n) is 3.91. The molecule has 0 aliphatic heterocycles. The molecule has 1 aromatic rings. The van der Waals surface area contributed by atoms with Crippen LogP contribution in [0.25, 0.3) is 0 Å². The first-order chi connectivity index (χ1) is 7.98. The van der Waals surface area contributed by atoms with Gasteiger partial charge in [-0.15, -0.1) is 0 Å². The van der Waals surface area contributed by atoms with Crippen LogP contribution < -0.4 is 10.0 Å². The van der Waals surface area contributed by atoms with Crippen LogP contribution in [0.15, 0.2) is 24.3 Å². The Labute approximate surface area is 103 Å². The van der Waals surface area contributed by atoms with E-state index in [4.69, 9.17) is 0 Å². The van der Waals surface area contributed by atoms with E-state index in [1.54, 1.807) is 13.0 Å². The number of rotatable bonds is 6. The first kappa shape index (κ1) is 14.0. The molecule has 1 aromatic carbocycles. The van der Waals surface area contributed by atoms with Gasteiger partial charge in [-0.25, -0.2) is 8.42 Å². The molecule has 1 rings (SSSR count). The Bertz CT molecular complexity index is 457. The van der Waals surface area contributed by atoms with Crippen molar-refractivity contribution in [1.82, 2.24) is 5.32 Å². The predicted molar refractivity (Wildman–Crippen MR) is 71.6 cm³/mol. The van der Waals surface area contributed by atoms with Crippen molar-refractivity contribution >= 4 is 15.7 Å². The molecular formula is C12H20N2O2S. The summed E-state index contributed by atoms with van der Waals surface area (Å²) in [6.07, 6.45) is 0. The van der Waals surface area contributed by atoms with Crippen molar-refractivity contribution in [3.8, 4) is 0 Å². The topological polar surface area (TPSA) is 58.2 Å². The van der Waals surface area contributed by atoms with Gasteiger partial charge in [-0.1, -0.05) is 19.1 Å². The number of benzene rings is 1. The smallest absolute Gasteiger partial charge is 0.232 e. The van der Waals surface area contributed by atoms with Gasteiger partial charge in [0.1, 0.15) is 0 Å². The van der Waals surface area contributed by atoms with Crippen molar-refractivity contribution in [3.05, 3.63) is 29.8 Å². The van der Waals surface area contributed by atoms with Crippen molar-refractivity contribution in [1.29, 1.82) is 0 Å². The molecule has 0 aliphatic rings. The van der Waals surface area contributed by atoms with E-state index in [2.05, 4.69) is 17.0 Å². The van der Waals surface area contributed by atoms with Gasteiger partial charge < -0.3 is 5.32 Å². The second-order valence-corrected chi connectivity index (χ2v) is 5.92. The van der Waals surface area contributed by atoms with Gasteiger partial charge in [-0.2, -0.15) is 0 Å². The van der Waals surface area contributed by atoms with Gasteiger partial charge >= 0.3 is 0 Å². The largest absolute Gasteiger partial charge is 0.310 e. The van der Waals surface area contributed by atoms with Crippen molar-refractivity contribution < 1.29 is 8.42 Å². The van der Waals surface area contributed by atoms with E-state index >= 15 is 0 Å². The molecule has 96 valence electrons. The second kappa shape index (κ2) is 6.02. The molecule has 1 unspecified atom stereocenters. The number of hydrogen-bond acceptors (Lipinski definition) is 3. The molecule has 4 nitrogen and oxygen atoms in total. The summed E-state index contributed by atoms with van der Waals surface area (Å²) in [5.41, 5.74) is 1.69. The van der Waals surface area contributed by atoms with Gasteiger partial charge in [-0.05, 0) is 38.1 Å². The van der Waals surface area contributed by atoms with Gasteiger partial charge in [0.25, 0.3) is 0 Å². The summed E-state index contributed by atoms with van der Waals surface area (Å²) in [5.74, 6) is 0.0833.